The van der Waals surface area contributed by atoms with Crippen molar-refractivity contribution in [2.45, 2.75) is 37.4 Å². The van der Waals surface area contributed by atoms with E-state index in [1.165, 1.54) is 19.3 Å². The van der Waals surface area contributed by atoms with E-state index in [1.807, 2.05) is 11.8 Å². The van der Waals surface area contributed by atoms with Crippen LogP contribution in [0.1, 0.15) is 32.6 Å². The van der Waals surface area contributed by atoms with Gasteiger partial charge >= 0.3 is 0 Å². The first-order valence-corrected chi connectivity index (χ1v) is 9.04. The van der Waals surface area contributed by atoms with Crippen molar-refractivity contribution < 1.29 is 14.2 Å². The smallest absolute Gasteiger partial charge is 0.0701 e. The summed E-state index contributed by atoms with van der Waals surface area (Å²) in [5.41, 5.74) is 0. The number of thioether (sulfide) groups is 1. The molecule has 0 amide bonds. The molecule has 0 atom stereocenters. The Morgan fingerprint density at radius 3 is 2.10 bits per heavy atom. The van der Waals surface area contributed by atoms with Gasteiger partial charge in [-0.3, -0.25) is 0 Å². The molecule has 1 aliphatic carbocycles. The molecule has 0 aromatic rings. The summed E-state index contributed by atoms with van der Waals surface area (Å²) in [5, 5.41) is 3.46. The molecule has 0 aromatic carbocycles. The summed E-state index contributed by atoms with van der Waals surface area (Å²) < 4.78 is 16.9. The third-order valence-corrected chi connectivity index (χ3v) is 4.92. The number of ether oxygens (including phenoxy) is 3. The third kappa shape index (κ3) is 9.19. The average molecular weight is 305 g/mol. The number of unbranched alkanes of at least 4 members (excludes halogenated alkanes) is 1. The highest BCUT2D eigenvalue weighted by atomic mass is 32.2. The minimum absolute atomic E-state index is 0.543. The molecule has 0 aliphatic heterocycles. The Morgan fingerprint density at radius 2 is 1.55 bits per heavy atom. The number of nitrogens with one attached hydrogen (secondary N) is 1. The van der Waals surface area contributed by atoms with Crippen LogP contribution in [0.3, 0.4) is 0 Å². The first-order valence-electron chi connectivity index (χ1n) is 7.82. The minimum Gasteiger partial charge on any atom is -0.379 e. The summed E-state index contributed by atoms with van der Waals surface area (Å²) >= 11 is 1.99. The molecule has 0 spiro atoms. The van der Waals surface area contributed by atoms with Gasteiger partial charge in [0.1, 0.15) is 0 Å². The Morgan fingerprint density at radius 1 is 0.950 bits per heavy atom. The second-order valence-electron chi connectivity index (χ2n) is 5.25. The van der Waals surface area contributed by atoms with E-state index in [2.05, 4.69) is 18.5 Å². The van der Waals surface area contributed by atoms with Gasteiger partial charge in [0.05, 0.1) is 33.0 Å². The lowest BCUT2D eigenvalue weighted by Gasteiger charge is -2.13. The highest BCUT2D eigenvalue weighted by molar-refractivity contribution is 8.00. The normalized spacial score (nSPS) is 16.5. The lowest BCUT2D eigenvalue weighted by atomic mass is 10.4. The molecule has 1 aliphatic rings. The Labute approximate surface area is 128 Å². The summed E-state index contributed by atoms with van der Waals surface area (Å²) in [6.07, 6.45) is 7.23. The van der Waals surface area contributed by atoms with Gasteiger partial charge < -0.3 is 19.5 Å². The van der Waals surface area contributed by atoms with Gasteiger partial charge in [0.2, 0.25) is 0 Å². The topological polar surface area (TPSA) is 39.7 Å². The Kier molecular flexibility index (Phi) is 10.8. The molecular formula is C15H31NO3S. The van der Waals surface area contributed by atoms with Gasteiger partial charge in [0.15, 0.2) is 0 Å². The van der Waals surface area contributed by atoms with Crippen LogP contribution in [0.4, 0.5) is 0 Å². The van der Waals surface area contributed by atoms with Crippen molar-refractivity contribution in [3.8, 4) is 0 Å². The first kappa shape index (κ1) is 18.2. The zero-order valence-electron chi connectivity index (χ0n) is 13.1. The molecule has 0 aromatic heterocycles. The minimum atomic E-state index is 0.543. The molecule has 1 saturated carbocycles. The van der Waals surface area contributed by atoms with Crippen LogP contribution in [-0.2, 0) is 14.2 Å². The first-order chi connectivity index (χ1) is 9.83. The van der Waals surface area contributed by atoms with E-state index in [-0.39, 0.29) is 0 Å². The lowest BCUT2D eigenvalue weighted by Crippen LogP contribution is -2.29. The predicted molar refractivity (Wildman–Crippen MR) is 85.7 cm³/mol. The standard InChI is InChI=1S/C15H31NO3S/c1-3-4-8-17-10-12-19-13-11-18-9-7-16-14-15(20-2)5-6-15/h16H,3-14H2,1-2H3. The van der Waals surface area contributed by atoms with Crippen molar-refractivity contribution in [1.82, 2.24) is 5.32 Å². The maximum atomic E-state index is 5.51. The summed E-state index contributed by atoms with van der Waals surface area (Å²) in [6, 6.07) is 0. The fourth-order valence-corrected chi connectivity index (χ4v) is 2.60. The van der Waals surface area contributed by atoms with E-state index in [0.717, 1.165) is 32.7 Å². The molecular weight excluding hydrogens is 274 g/mol. The van der Waals surface area contributed by atoms with Gasteiger partial charge in [0, 0.05) is 24.4 Å². The number of hydrogen-bond donors (Lipinski definition) is 1. The van der Waals surface area contributed by atoms with E-state index in [0.29, 0.717) is 31.2 Å². The van der Waals surface area contributed by atoms with Crippen molar-refractivity contribution in [3.05, 3.63) is 0 Å². The van der Waals surface area contributed by atoms with Crippen LogP contribution in [0.25, 0.3) is 0 Å². The molecule has 4 nitrogen and oxygen atoms in total. The molecule has 20 heavy (non-hydrogen) atoms. The van der Waals surface area contributed by atoms with E-state index in [1.54, 1.807) is 0 Å². The SMILES string of the molecule is CCCCOCCOCCOCCNCC1(SC)CC1. The zero-order chi connectivity index (χ0) is 14.5. The van der Waals surface area contributed by atoms with Crippen molar-refractivity contribution in [1.29, 1.82) is 0 Å². The van der Waals surface area contributed by atoms with Crippen LogP contribution in [-0.4, -0.2) is 63.7 Å². The van der Waals surface area contributed by atoms with Crippen molar-refractivity contribution in [3.63, 3.8) is 0 Å². The highest BCUT2D eigenvalue weighted by Gasteiger charge is 2.41. The summed E-state index contributed by atoms with van der Waals surface area (Å²) in [7, 11) is 0. The summed E-state index contributed by atoms with van der Waals surface area (Å²) in [6.45, 7) is 8.51. The maximum absolute atomic E-state index is 5.51. The van der Waals surface area contributed by atoms with Crippen molar-refractivity contribution in [2.75, 3.05) is 59.0 Å². The van der Waals surface area contributed by atoms with Crippen LogP contribution in [0.5, 0.6) is 0 Å². The third-order valence-electron chi connectivity index (χ3n) is 3.50. The van der Waals surface area contributed by atoms with Crippen LogP contribution in [0, 0.1) is 0 Å². The molecule has 120 valence electrons. The average Bonchev–Trinajstić information content (AvgIpc) is 3.24. The number of rotatable bonds is 15. The monoisotopic (exact) mass is 305 g/mol. The summed E-state index contributed by atoms with van der Waals surface area (Å²) in [4.78, 5) is 0. The lowest BCUT2D eigenvalue weighted by molar-refractivity contribution is 0.0147. The molecule has 0 radical (unpaired) electrons. The maximum Gasteiger partial charge on any atom is 0.0701 e. The van der Waals surface area contributed by atoms with E-state index in [4.69, 9.17) is 14.2 Å². The van der Waals surface area contributed by atoms with Crippen LogP contribution < -0.4 is 5.32 Å². The number of hydrogen-bond acceptors (Lipinski definition) is 5. The highest BCUT2D eigenvalue weighted by Crippen LogP contribution is 2.46. The van der Waals surface area contributed by atoms with Gasteiger partial charge in [-0.2, -0.15) is 11.8 Å². The van der Waals surface area contributed by atoms with Crippen LogP contribution in [0.2, 0.25) is 0 Å². The predicted octanol–water partition coefficient (Wildman–Crippen LogP) is 2.32. The quantitative estimate of drug-likeness (QED) is 0.470. The molecule has 0 unspecified atom stereocenters. The second kappa shape index (κ2) is 11.8. The Balaban J connectivity index is 1.68. The van der Waals surface area contributed by atoms with E-state index in [9.17, 15) is 0 Å². The van der Waals surface area contributed by atoms with Crippen LogP contribution in [0.15, 0.2) is 0 Å². The van der Waals surface area contributed by atoms with E-state index < -0.39 is 0 Å². The Bertz CT molecular complexity index is 225. The largest absolute Gasteiger partial charge is 0.379 e. The van der Waals surface area contributed by atoms with Crippen LogP contribution >= 0.6 is 11.8 Å². The molecule has 1 rings (SSSR count). The van der Waals surface area contributed by atoms with Gasteiger partial charge in [-0.05, 0) is 25.5 Å². The molecule has 0 bridgehead atoms. The van der Waals surface area contributed by atoms with Gasteiger partial charge in [-0.15, -0.1) is 0 Å². The molecule has 5 heteroatoms. The van der Waals surface area contributed by atoms with E-state index >= 15 is 0 Å². The fourth-order valence-electron chi connectivity index (χ4n) is 1.84. The van der Waals surface area contributed by atoms with Crippen molar-refractivity contribution in [2.24, 2.45) is 0 Å². The van der Waals surface area contributed by atoms with Gasteiger partial charge in [-0.1, -0.05) is 13.3 Å². The summed E-state index contributed by atoms with van der Waals surface area (Å²) in [5.74, 6) is 0. The fraction of sp³-hybridized carbons (Fsp3) is 1.00. The molecule has 0 saturated heterocycles. The Hall–Kier alpha value is 0.190. The molecule has 1 N–H and O–H groups in total. The molecule has 1 fully saturated rings. The van der Waals surface area contributed by atoms with Gasteiger partial charge in [-0.25, -0.2) is 0 Å². The zero-order valence-corrected chi connectivity index (χ0v) is 13.9. The molecule has 0 heterocycles. The van der Waals surface area contributed by atoms with Gasteiger partial charge in [0.25, 0.3) is 0 Å². The van der Waals surface area contributed by atoms with Crippen molar-refractivity contribution >= 4 is 11.8 Å². The second-order valence-corrected chi connectivity index (χ2v) is 6.53.